The molecule has 0 radical (unpaired) electrons. The van der Waals surface area contributed by atoms with Gasteiger partial charge in [-0.15, -0.1) is 0 Å². The van der Waals surface area contributed by atoms with Gasteiger partial charge < -0.3 is 4.74 Å². The molecule has 2 aromatic rings. The van der Waals surface area contributed by atoms with Crippen molar-refractivity contribution in [2.75, 3.05) is 0 Å². The number of ether oxygens (including phenoxy) is 1. The van der Waals surface area contributed by atoms with Crippen LogP contribution in [0.2, 0.25) is 5.15 Å². The van der Waals surface area contributed by atoms with Crippen LogP contribution in [0, 0.1) is 22.9 Å². The molecule has 8 heteroatoms. The Labute approximate surface area is 112 Å². The minimum absolute atomic E-state index is 0.0483. The Morgan fingerprint density at radius 2 is 2.11 bits per heavy atom. The van der Waals surface area contributed by atoms with Crippen LogP contribution in [0.25, 0.3) is 0 Å². The maximum Gasteiger partial charge on any atom is 0.314 e. The average molecular weight is 284 g/mol. The van der Waals surface area contributed by atoms with Crippen LogP contribution in [0.3, 0.4) is 0 Å². The Morgan fingerprint density at radius 1 is 1.37 bits per heavy atom. The first-order chi connectivity index (χ1) is 8.95. The topological polar surface area (TPSA) is 78.2 Å². The lowest BCUT2D eigenvalue weighted by molar-refractivity contribution is -0.385. The number of nitrogens with zero attached hydrogens (tertiary/aromatic N) is 3. The standard InChI is InChI=1S/C11H7ClFN3O3/c1-6-14-10(12)5-11(15-6)19-9-3-2-7(13)4-8(9)16(17)18/h2-5H,1H3. The van der Waals surface area contributed by atoms with Crippen LogP contribution in [-0.4, -0.2) is 14.9 Å². The predicted octanol–water partition coefficient (Wildman–Crippen LogP) is 3.28. The van der Waals surface area contributed by atoms with E-state index in [2.05, 4.69) is 9.97 Å². The van der Waals surface area contributed by atoms with Crippen LogP contribution in [0.5, 0.6) is 11.6 Å². The third kappa shape index (κ3) is 3.14. The molecule has 1 heterocycles. The Morgan fingerprint density at radius 3 is 2.74 bits per heavy atom. The number of rotatable bonds is 3. The fraction of sp³-hybridized carbons (Fsp3) is 0.0909. The van der Waals surface area contributed by atoms with E-state index in [0.29, 0.717) is 5.82 Å². The minimum atomic E-state index is -0.742. The summed E-state index contributed by atoms with van der Waals surface area (Å²) in [5.74, 6) is -0.448. The van der Waals surface area contributed by atoms with Gasteiger partial charge in [0.2, 0.25) is 11.6 Å². The second kappa shape index (κ2) is 5.15. The Hall–Kier alpha value is -2.28. The van der Waals surface area contributed by atoms with E-state index >= 15 is 0 Å². The minimum Gasteiger partial charge on any atom is -0.432 e. The fourth-order valence-corrected chi connectivity index (χ4v) is 1.61. The van der Waals surface area contributed by atoms with Crippen LogP contribution < -0.4 is 4.74 Å². The summed E-state index contributed by atoms with van der Waals surface area (Å²) in [5.41, 5.74) is -0.493. The summed E-state index contributed by atoms with van der Waals surface area (Å²) in [7, 11) is 0. The van der Waals surface area contributed by atoms with E-state index in [9.17, 15) is 14.5 Å². The lowest BCUT2D eigenvalue weighted by Crippen LogP contribution is -1.97. The zero-order valence-electron chi connectivity index (χ0n) is 9.63. The van der Waals surface area contributed by atoms with E-state index < -0.39 is 16.4 Å². The first-order valence-electron chi connectivity index (χ1n) is 5.08. The van der Waals surface area contributed by atoms with Gasteiger partial charge >= 0.3 is 5.69 Å². The second-order valence-corrected chi connectivity index (χ2v) is 3.93. The van der Waals surface area contributed by atoms with Crippen molar-refractivity contribution in [1.82, 2.24) is 9.97 Å². The average Bonchev–Trinajstić information content (AvgIpc) is 2.30. The smallest absolute Gasteiger partial charge is 0.314 e. The molecule has 2 rings (SSSR count). The molecule has 0 spiro atoms. The highest BCUT2D eigenvalue weighted by atomic mass is 35.5. The van der Waals surface area contributed by atoms with Gasteiger partial charge in [-0.25, -0.2) is 9.37 Å². The molecule has 0 unspecified atom stereocenters. The molecule has 0 N–H and O–H groups in total. The third-order valence-corrected chi connectivity index (χ3v) is 2.31. The summed E-state index contributed by atoms with van der Waals surface area (Å²) in [6.07, 6.45) is 0. The van der Waals surface area contributed by atoms with Gasteiger partial charge in [0.25, 0.3) is 0 Å². The number of nitro groups is 1. The molecule has 0 bridgehead atoms. The van der Waals surface area contributed by atoms with Crippen LogP contribution in [0.15, 0.2) is 24.3 Å². The van der Waals surface area contributed by atoms with Crippen LogP contribution in [-0.2, 0) is 0 Å². The summed E-state index contributed by atoms with van der Waals surface area (Å²) in [4.78, 5) is 17.8. The zero-order chi connectivity index (χ0) is 14.0. The quantitative estimate of drug-likeness (QED) is 0.491. The molecule has 98 valence electrons. The Kier molecular flexibility index (Phi) is 3.57. The molecule has 1 aromatic heterocycles. The molecule has 0 amide bonds. The molecule has 1 aromatic carbocycles. The number of hydrogen-bond donors (Lipinski definition) is 0. The Bertz CT molecular complexity index is 631. The third-order valence-electron chi connectivity index (χ3n) is 2.12. The molecule has 0 saturated heterocycles. The molecule has 0 aliphatic carbocycles. The predicted molar refractivity (Wildman–Crippen MR) is 64.9 cm³/mol. The lowest BCUT2D eigenvalue weighted by Gasteiger charge is -2.06. The molecule has 0 saturated carbocycles. The van der Waals surface area contributed by atoms with Crippen molar-refractivity contribution in [3.05, 3.63) is 51.2 Å². The normalized spacial score (nSPS) is 10.3. The molecule has 0 aliphatic heterocycles. The van der Waals surface area contributed by atoms with Crippen molar-refractivity contribution in [1.29, 1.82) is 0 Å². The molecular weight excluding hydrogens is 277 g/mol. The van der Waals surface area contributed by atoms with E-state index in [1.807, 2.05) is 0 Å². The number of benzene rings is 1. The zero-order valence-corrected chi connectivity index (χ0v) is 10.4. The van der Waals surface area contributed by atoms with Crippen LogP contribution >= 0.6 is 11.6 Å². The Balaban J connectivity index is 2.40. The van der Waals surface area contributed by atoms with Gasteiger partial charge in [0, 0.05) is 6.07 Å². The van der Waals surface area contributed by atoms with Gasteiger partial charge in [0.05, 0.1) is 11.0 Å². The van der Waals surface area contributed by atoms with Crippen LogP contribution in [0.1, 0.15) is 5.82 Å². The number of hydrogen-bond acceptors (Lipinski definition) is 5. The highest BCUT2D eigenvalue weighted by molar-refractivity contribution is 6.29. The molecule has 0 fully saturated rings. The van der Waals surface area contributed by atoms with Gasteiger partial charge in [0.1, 0.15) is 16.8 Å². The largest absolute Gasteiger partial charge is 0.432 e. The van der Waals surface area contributed by atoms with E-state index in [-0.39, 0.29) is 16.8 Å². The monoisotopic (exact) mass is 283 g/mol. The van der Waals surface area contributed by atoms with Gasteiger partial charge in [-0.2, -0.15) is 4.98 Å². The highest BCUT2D eigenvalue weighted by Crippen LogP contribution is 2.31. The molecule has 19 heavy (non-hydrogen) atoms. The maximum absolute atomic E-state index is 13.0. The number of aryl methyl sites for hydroxylation is 1. The van der Waals surface area contributed by atoms with Crippen molar-refractivity contribution in [3.63, 3.8) is 0 Å². The summed E-state index contributed by atoms with van der Waals surface area (Å²) in [6, 6.07) is 4.28. The van der Waals surface area contributed by atoms with E-state index in [1.54, 1.807) is 6.92 Å². The van der Waals surface area contributed by atoms with Gasteiger partial charge in [-0.05, 0) is 19.1 Å². The number of halogens is 2. The van der Waals surface area contributed by atoms with E-state index in [0.717, 1.165) is 18.2 Å². The van der Waals surface area contributed by atoms with E-state index in [4.69, 9.17) is 16.3 Å². The van der Waals surface area contributed by atoms with Crippen molar-refractivity contribution < 1.29 is 14.1 Å². The van der Waals surface area contributed by atoms with Crippen molar-refractivity contribution in [3.8, 4) is 11.6 Å². The van der Waals surface area contributed by atoms with Crippen molar-refractivity contribution in [2.45, 2.75) is 6.92 Å². The number of nitro benzene ring substituents is 1. The maximum atomic E-state index is 13.0. The summed E-state index contributed by atoms with van der Waals surface area (Å²) in [6.45, 7) is 1.60. The van der Waals surface area contributed by atoms with Crippen molar-refractivity contribution in [2.24, 2.45) is 0 Å². The molecule has 6 nitrogen and oxygen atoms in total. The van der Waals surface area contributed by atoms with Gasteiger partial charge in [-0.3, -0.25) is 10.1 Å². The first-order valence-corrected chi connectivity index (χ1v) is 5.46. The molecular formula is C11H7ClFN3O3. The van der Waals surface area contributed by atoms with Gasteiger partial charge in [-0.1, -0.05) is 11.6 Å². The van der Waals surface area contributed by atoms with Gasteiger partial charge in [0.15, 0.2) is 0 Å². The lowest BCUT2D eigenvalue weighted by atomic mass is 10.3. The van der Waals surface area contributed by atoms with Crippen molar-refractivity contribution >= 4 is 17.3 Å². The highest BCUT2D eigenvalue weighted by Gasteiger charge is 2.17. The SMILES string of the molecule is Cc1nc(Cl)cc(Oc2ccc(F)cc2[N+](=O)[O-])n1. The first kappa shape index (κ1) is 13.2. The summed E-state index contributed by atoms with van der Waals surface area (Å²) >= 11 is 5.72. The fourth-order valence-electron chi connectivity index (χ4n) is 1.39. The summed E-state index contributed by atoms with van der Waals surface area (Å²) < 4.78 is 18.2. The number of aromatic nitrogens is 2. The molecule has 0 atom stereocenters. The summed E-state index contributed by atoms with van der Waals surface area (Å²) in [5, 5.41) is 10.9. The molecule has 0 aliphatic rings. The second-order valence-electron chi connectivity index (χ2n) is 3.55. The van der Waals surface area contributed by atoms with Crippen LogP contribution in [0.4, 0.5) is 10.1 Å². The van der Waals surface area contributed by atoms with E-state index in [1.165, 1.54) is 6.07 Å².